The van der Waals surface area contributed by atoms with Crippen LogP contribution in [-0.2, 0) is 4.79 Å². The van der Waals surface area contributed by atoms with E-state index < -0.39 is 11.6 Å². The fraction of sp³-hybridized carbons (Fsp3) is 0.278. The molecule has 0 aromatic heterocycles. The van der Waals surface area contributed by atoms with E-state index >= 15 is 0 Å². The van der Waals surface area contributed by atoms with Gasteiger partial charge in [0.05, 0.1) is 6.54 Å². The molecule has 0 saturated heterocycles. The Morgan fingerprint density at radius 2 is 1.88 bits per heavy atom. The molecule has 2 aromatic carbocycles. The first-order valence-corrected chi connectivity index (χ1v) is 8.57. The molecule has 0 bridgehead atoms. The van der Waals surface area contributed by atoms with Gasteiger partial charge in [-0.1, -0.05) is 17.7 Å². The van der Waals surface area contributed by atoms with Crippen molar-refractivity contribution in [1.29, 1.82) is 0 Å². The minimum Gasteiger partial charge on any atom is -0.492 e. The summed E-state index contributed by atoms with van der Waals surface area (Å²) in [6.07, 6.45) is 0.300. The van der Waals surface area contributed by atoms with Gasteiger partial charge in [-0.05, 0) is 37.3 Å². The first kappa shape index (κ1) is 18.3. The van der Waals surface area contributed by atoms with Crippen LogP contribution in [0.1, 0.15) is 12.0 Å². The maximum absolute atomic E-state index is 13.1. The molecule has 1 amide bonds. The topological polar surface area (TPSA) is 38.3 Å². The highest BCUT2D eigenvalue weighted by Gasteiger charge is 2.05. The molecule has 0 unspecified atom stereocenters. The molecule has 24 heavy (non-hydrogen) atoms. The molecule has 0 aliphatic rings. The summed E-state index contributed by atoms with van der Waals surface area (Å²) in [4.78, 5) is 12.3. The molecule has 0 aliphatic carbocycles. The Bertz CT molecular complexity index is 677. The first-order valence-electron chi connectivity index (χ1n) is 7.58. The quantitative estimate of drug-likeness (QED) is 0.578. The van der Waals surface area contributed by atoms with Crippen LogP contribution >= 0.6 is 11.8 Å². The molecule has 2 aromatic rings. The number of hydrogen-bond donors (Lipinski definition) is 1. The average molecular weight is 351 g/mol. The maximum Gasteiger partial charge on any atom is 0.220 e. The van der Waals surface area contributed by atoms with Crippen LogP contribution in [-0.4, -0.2) is 24.8 Å². The van der Waals surface area contributed by atoms with Gasteiger partial charge in [0.1, 0.15) is 12.4 Å². The monoisotopic (exact) mass is 351 g/mol. The van der Waals surface area contributed by atoms with Crippen LogP contribution in [0.5, 0.6) is 5.75 Å². The van der Waals surface area contributed by atoms with Gasteiger partial charge in [0.2, 0.25) is 5.91 Å². The number of aryl methyl sites for hydroxylation is 1. The number of hydrogen-bond acceptors (Lipinski definition) is 3. The van der Waals surface area contributed by atoms with Gasteiger partial charge in [0.15, 0.2) is 11.6 Å². The molecule has 0 saturated carbocycles. The molecule has 0 radical (unpaired) electrons. The number of nitrogens with one attached hydrogen (secondary N) is 1. The molecule has 6 heteroatoms. The summed E-state index contributed by atoms with van der Waals surface area (Å²) in [6.45, 7) is 2.82. The molecule has 1 N–H and O–H groups in total. The van der Waals surface area contributed by atoms with Crippen molar-refractivity contribution in [2.24, 2.45) is 0 Å². The predicted molar refractivity (Wildman–Crippen MR) is 91.4 cm³/mol. The van der Waals surface area contributed by atoms with Gasteiger partial charge in [0.25, 0.3) is 0 Å². The SMILES string of the molecule is Cc1ccc(OCCNC(=O)CCSc2ccc(F)c(F)c2)cc1. The Morgan fingerprint density at radius 3 is 2.58 bits per heavy atom. The smallest absolute Gasteiger partial charge is 0.220 e. The zero-order valence-electron chi connectivity index (χ0n) is 13.4. The number of ether oxygens (including phenoxy) is 1. The average Bonchev–Trinajstić information content (AvgIpc) is 2.56. The van der Waals surface area contributed by atoms with Gasteiger partial charge in [-0.2, -0.15) is 0 Å². The van der Waals surface area contributed by atoms with Crippen molar-refractivity contribution in [2.45, 2.75) is 18.2 Å². The van der Waals surface area contributed by atoms with Crippen molar-refractivity contribution < 1.29 is 18.3 Å². The van der Waals surface area contributed by atoms with Crippen molar-refractivity contribution in [3.05, 3.63) is 59.7 Å². The summed E-state index contributed by atoms with van der Waals surface area (Å²) in [7, 11) is 0. The molecular weight excluding hydrogens is 332 g/mol. The van der Waals surface area contributed by atoms with E-state index in [0.717, 1.165) is 23.4 Å². The fourth-order valence-electron chi connectivity index (χ4n) is 1.91. The van der Waals surface area contributed by atoms with Crippen molar-refractivity contribution in [3.8, 4) is 5.75 Å². The molecule has 0 spiro atoms. The molecular formula is C18H19F2NO2S. The highest BCUT2D eigenvalue weighted by molar-refractivity contribution is 7.99. The Hall–Kier alpha value is -2.08. The van der Waals surface area contributed by atoms with Crippen LogP contribution in [0.15, 0.2) is 47.4 Å². The fourth-order valence-corrected chi connectivity index (χ4v) is 2.78. The number of carbonyl (C=O) groups excluding carboxylic acids is 1. The van der Waals surface area contributed by atoms with Gasteiger partial charge in [-0.25, -0.2) is 8.78 Å². The van der Waals surface area contributed by atoms with E-state index in [1.165, 1.54) is 17.8 Å². The summed E-state index contributed by atoms with van der Waals surface area (Å²) in [6, 6.07) is 11.4. The van der Waals surface area contributed by atoms with E-state index in [2.05, 4.69) is 5.32 Å². The summed E-state index contributed by atoms with van der Waals surface area (Å²) < 4.78 is 31.4. The second-order valence-electron chi connectivity index (χ2n) is 5.19. The molecule has 0 heterocycles. The number of thioether (sulfide) groups is 1. The highest BCUT2D eigenvalue weighted by Crippen LogP contribution is 2.20. The van der Waals surface area contributed by atoms with Crippen molar-refractivity contribution in [3.63, 3.8) is 0 Å². The van der Waals surface area contributed by atoms with Gasteiger partial charge in [-0.15, -0.1) is 11.8 Å². The van der Waals surface area contributed by atoms with Gasteiger partial charge < -0.3 is 10.1 Å². The highest BCUT2D eigenvalue weighted by atomic mass is 32.2. The summed E-state index contributed by atoms with van der Waals surface area (Å²) in [5.41, 5.74) is 1.16. The number of rotatable bonds is 8. The molecule has 2 rings (SSSR count). The van der Waals surface area contributed by atoms with Crippen LogP contribution in [0, 0.1) is 18.6 Å². The van der Waals surface area contributed by atoms with E-state index in [0.29, 0.717) is 30.2 Å². The Kier molecular flexibility index (Phi) is 7.06. The third kappa shape index (κ3) is 6.20. The normalized spacial score (nSPS) is 10.5. The van der Waals surface area contributed by atoms with E-state index in [-0.39, 0.29) is 5.91 Å². The van der Waals surface area contributed by atoms with E-state index in [4.69, 9.17) is 4.74 Å². The van der Waals surface area contributed by atoms with Crippen molar-refractivity contribution in [2.75, 3.05) is 18.9 Å². The van der Waals surface area contributed by atoms with Gasteiger partial charge >= 0.3 is 0 Å². The second-order valence-corrected chi connectivity index (χ2v) is 6.35. The van der Waals surface area contributed by atoms with Crippen LogP contribution in [0.25, 0.3) is 0 Å². The van der Waals surface area contributed by atoms with Crippen LogP contribution in [0.2, 0.25) is 0 Å². The molecule has 0 atom stereocenters. The minimum absolute atomic E-state index is 0.0995. The standard InChI is InChI=1S/C18H19F2NO2S/c1-13-2-4-14(5-3-13)23-10-9-21-18(22)8-11-24-15-6-7-16(19)17(20)12-15/h2-7,12H,8-11H2,1H3,(H,21,22). The van der Waals surface area contributed by atoms with Crippen molar-refractivity contribution in [1.82, 2.24) is 5.32 Å². The zero-order valence-corrected chi connectivity index (χ0v) is 14.2. The van der Waals surface area contributed by atoms with Crippen molar-refractivity contribution >= 4 is 17.7 Å². The Labute approximate surface area is 144 Å². The minimum atomic E-state index is -0.877. The molecule has 0 fully saturated rings. The number of halogens is 2. The molecule has 3 nitrogen and oxygen atoms in total. The lowest BCUT2D eigenvalue weighted by atomic mass is 10.2. The maximum atomic E-state index is 13.1. The van der Waals surface area contributed by atoms with E-state index in [1.54, 1.807) is 0 Å². The predicted octanol–water partition coefficient (Wildman–Crippen LogP) is 3.95. The summed E-state index contributed by atoms with van der Waals surface area (Å²) in [5, 5.41) is 2.76. The first-order chi connectivity index (χ1) is 11.5. The van der Waals surface area contributed by atoms with E-state index in [1.807, 2.05) is 31.2 Å². The number of amides is 1. The van der Waals surface area contributed by atoms with Gasteiger partial charge in [0, 0.05) is 17.1 Å². The largest absolute Gasteiger partial charge is 0.492 e. The Morgan fingerprint density at radius 1 is 1.12 bits per heavy atom. The number of carbonyl (C=O) groups is 1. The summed E-state index contributed by atoms with van der Waals surface area (Å²) >= 11 is 1.31. The molecule has 0 aliphatic heterocycles. The van der Waals surface area contributed by atoms with Crippen LogP contribution in [0.4, 0.5) is 8.78 Å². The zero-order chi connectivity index (χ0) is 17.4. The third-order valence-electron chi connectivity index (χ3n) is 3.20. The lowest BCUT2D eigenvalue weighted by Gasteiger charge is -2.08. The Balaban J connectivity index is 1.59. The van der Waals surface area contributed by atoms with E-state index in [9.17, 15) is 13.6 Å². The third-order valence-corrected chi connectivity index (χ3v) is 4.20. The van der Waals surface area contributed by atoms with Crippen LogP contribution in [0.3, 0.4) is 0 Å². The lowest BCUT2D eigenvalue weighted by molar-refractivity contribution is -0.120. The number of benzene rings is 2. The summed E-state index contributed by atoms with van der Waals surface area (Å²) in [5.74, 6) is -0.583. The van der Waals surface area contributed by atoms with Gasteiger partial charge in [-0.3, -0.25) is 4.79 Å². The second kappa shape index (κ2) is 9.27. The molecule has 128 valence electrons. The lowest BCUT2D eigenvalue weighted by Crippen LogP contribution is -2.28. The van der Waals surface area contributed by atoms with Crippen LogP contribution < -0.4 is 10.1 Å².